The quantitative estimate of drug-likeness (QED) is 0.392. The Morgan fingerprint density at radius 1 is 1.08 bits per heavy atom. The van der Waals surface area contributed by atoms with E-state index in [0.717, 1.165) is 11.3 Å². The SMILES string of the molecule is COC(=O)/C(=C/CCOCc1ccc(OC)cc1)C(C)C(=O)OC. The molecule has 1 rings (SSSR count). The second-order valence-electron chi connectivity index (χ2n) is 5.09. The lowest BCUT2D eigenvalue weighted by atomic mass is 10.0. The van der Waals surface area contributed by atoms with E-state index in [0.29, 0.717) is 19.6 Å². The molecular formula is C18H24O6. The number of benzene rings is 1. The molecule has 0 aromatic heterocycles. The third kappa shape index (κ3) is 6.04. The Hall–Kier alpha value is -2.34. The maximum Gasteiger partial charge on any atom is 0.334 e. The lowest BCUT2D eigenvalue weighted by molar-refractivity contribution is -0.146. The van der Waals surface area contributed by atoms with Gasteiger partial charge in [-0.15, -0.1) is 0 Å². The fourth-order valence-electron chi connectivity index (χ4n) is 2.07. The predicted octanol–water partition coefficient (Wildman–Crippen LogP) is 2.51. The van der Waals surface area contributed by atoms with Crippen molar-refractivity contribution in [3.8, 4) is 5.75 Å². The minimum atomic E-state index is -0.677. The van der Waals surface area contributed by atoms with E-state index in [-0.39, 0.29) is 5.57 Å². The molecule has 0 saturated carbocycles. The molecule has 1 unspecified atom stereocenters. The summed E-state index contributed by atoms with van der Waals surface area (Å²) in [6.07, 6.45) is 2.14. The van der Waals surface area contributed by atoms with E-state index in [1.165, 1.54) is 14.2 Å². The van der Waals surface area contributed by atoms with Crippen LogP contribution in [-0.4, -0.2) is 39.9 Å². The molecule has 0 aliphatic carbocycles. The van der Waals surface area contributed by atoms with Gasteiger partial charge in [0.25, 0.3) is 0 Å². The second-order valence-corrected chi connectivity index (χ2v) is 5.09. The number of methoxy groups -OCH3 is 3. The summed E-state index contributed by atoms with van der Waals surface area (Å²) in [7, 11) is 4.18. The zero-order chi connectivity index (χ0) is 17.9. The molecule has 1 aromatic carbocycles. The summed E-state index contributed by atoms with van der Waals surface area (Å²) < 4.78 is 20.0. The Kier molecular flexibility index (Phi) is 8.57. The number of hydrogen-bond acceptors (Lipinski definition) is 6. The van der Waals surface area contributed by atoms with Crippen LogP contribution in [0.5, 0.6) is 5.75 Å². The van der Waals surface area contributed by atoms with Gasteiger partial charge in [-0.2, -0.15) is 0 Å². The third-order valence-corrected chi connectivity index (χ3v) is 3.50. The molecular weight excluding hydrogens is 312 g/mol. The maximum atomic E-state index is 11.8. The van der Waals surface area contributed by atoms with Gasteiger partial charge in [0.1, 0.15) is 5.75 Å². The predicted molar refractivity (Wildman–Crippen MR) is 88.5 cm³/mol. The molecule has 0 saturated heterocycles. The van der Waals surface area contributed by atoms with E-state index in [9.17, 15) is 9.59 Å². The highest BCUT2D eigenvalue weighted by Crippen LogP contribution is 2.15. The van der Waals surface area contributed by atoms with Gasteiger partial charge in [-0.3, -0.25) is 4.79 Å². The van der Waals surface area contributed by atoms with Gasteiger partial charge in [0.15, 0.2) is 0 Å². The summed E-state index contributed by atoms with van der Waals surface area (Å²) in [4.78, 5) is 23.4. The van der Waals surface area contributed by atoms with Crippen molar-refractivity contribution in [3.05, 3.63) is 41.5 Å². The molecule has 6 heteroatoms. The Bertz CT molecular complexity index is 561. The van der Waals surface area contributed by atoms with Crippen LogP contribution in [0.1, 0.15) is 18.9 Å². The summed E-state index contributed by atoms with van der Waals surface area (Å²) >= 11 is 0. The molecule has 24 heavy (non-hydrogen) atoms. The monoisotopic (exact) mass is 336 g/mol. The molecule has 0 amide bonds. The molecule has 1 aromatic rings. The highest BCUT2D eigenvalue weighted by atomic mass is 16.5. The minimum absolute atomic E-state index is 0.275. The standard InChI is InChI=1S/C18H24O6/c1-13(17(19)22-3)16(18(20)23-4)6-5-11-24-12-14-7-9-15(21-2)10-8-14/h6-10,13H,5,11-12H2,1-4H3/b16-6+. The van der Waals surface area contributed by atoms with E-state index in [1.807, 2.05) is 24.3 Å². The first kappa shape index (κ1) is 19.7. The molecule has 1 atom stereocenters. The zero-order valence-corrected chi connectivity index (χ0v) is 14.5. The molecule has 0 spiro atoms. The van der Waals surface area contributed by atoms with Crippen molar-refractivity contribution >= 4 is 11.9 Å². The van der Waals surface area contributed by atoms with E-state index in [2.05, 4.69) is 4.74 Å². The fourth-order valence-corrected chi connectivity index (χ4v) is 2.07. The van der Waals surface area contributed by atoms with Crippen molar-refractivity contribution in [1.82, 2.24) is 0 Å². The second kappa shape index (κ2) is 10.4. The molecule has 6 nitrogen and oxygen atoms in total. The van der Waals surface area contributed by atoms with E-state index in [1.54, 1.807) is 20.1 Å². The Labute approximate surface area is 142 Å². The zero-order valence-electron chi connectivity index (χ0n) is 14.5. The van der Waals surface area contributed by atoms with Crippen LogP contribution in [0.2, 0.25) is 0 Å². The molecule has 0 aliphatic heterocycles. The summed E-state index contributed by atoms with van der Waals surface area (Å²) in [5.41, 5.74) is 1.30. The minimum Gasteiger partial charge on any atom is -0.497 e. The van der Waals surface area contributed by atoms with Crippen LogP contribution in [0.3, 0.4) is 0 Å². The Balaban J connectivity index is 2.51. The number of ether oxygens (including phenoxy) is 4. The third-order valence-electron chi connectivity index (χ3n) is 3.50. The molecule has 0 aliphatic rings. The lowest BCUT2D eigenvalue weighted by Crippen LogP contribution is -2.21. The van der Waals surface area contributed by atoms with E-state index >= 15 is 0 Å². The first-order valence-electron chi connectivity index (χ1n) is 7.60. The summed E-state index contributed by atoms with van der Waals surface area (Å²) in [5.74, 6) is -0.904. The maximum absolute atomic E-state index is 11.8. The van der Waals surface area contributed by atoms with Crippen LogP contribution in [0.4, 0.5) is 0 Å². The summed E-state index contributed by atoms with van der Waals surface area (Å²) in [5, 5.41) is 0. The van der Waals surface area contributed by atoms with Crippen LogP contribution < -0.4 is 4.74 Å². The van der Waals surface area contributed by atoms with E-state index in [4.69, 9.17) is 14.2 Å². The Morgan fingerprint density at radius 3 is 2.29 bits per heavy atom. The van der Waals surface area contributed by atoms with E-state index < -0.39 is 17.9 Å². The van der Waals surface area contributed by atoms with Crippen molar-refractivity contribution in [1.29, 1.82) is 0 Å². The molecule has 0 N–H and O–H groups in total. The van der Waals surface area contributed by atoms with Crippen molar-refractivity contribution < 1.29 is 28.5 Å². The molecule has 0 bridgehead atoms. The smallest absolute Gasteiger partial charge is 0.334 e. The van der Waals surface area contributed by atoms with Crippen molar-refractivity contribution in [2.24, 2.45) is 5.92 Å². The largest absolute Gasteiger partial charge is 0.497 e. The fraction of sp³-hybridized carbons (Fsp3) is 0.444. The van der Waals surface area contributed by atoms with Crippen molar-refractivity contribution in [2.45, 2.75) is 20.0 Å². The van der Waals surface area contributed by atoms with Gasteiger partial charge in [-0.1, -0.05) is 18.2 Å². The number of rotatable bonds is 9. The first-order valence-corrected chi connectivity index (χ1v) is 7.60. The number of carbonyl (C=O) groups excluding carboxylic acids is 2. The van der Waals surface area contributed by atoms with Crippen molar-refractivity contribution in [3.63, 3.8) is 0 Å². The van der Waals surface area contributed by atoms with Gasteiger partial charge in [0.2, 0.25) is 0 Å². The van der Waals surface area contributed by atoms with Crippen LogP contribution in [0.15, 0.2) is 35.9 Å². The average Bonchev–Trinajstić information content (AvgIpc) is 2.63. The Morgan fingerprint density at radius 2 is 1.75 bits per heavy atom. The summed E-state index contributed by atoms with van der Waals surface area (Å²) in [6.45, 7) is 2.48. The van der Waals surface area contributed by atoms with Crippen LogP contribution in [-0.2, 0) is 30.4 Å². The number of esters is 2. The average molecular weight is 336 g/mol. The molecule has 0 radical (unpaired) electrons. The van der Waals surface area contributed by atoms with Gasteiger partial charge in [0, 0.05) is 5.57 Å². The van der Waals surface area contributed by atoms with Gasteiger partial charge >= 0.3 is 11.9 Å². The van der Waals surface area contributed by atoms with Gasteiger partial charge in [-0.25, -0.2) is 4.79 Å². The number of hydrogen-bond donors (Lipinski definition) is 0. The highest BCUT2D eigenvalue weighted by Gasteiger charge is 2.24. The molecule has 132 valence electrons. The normalized spacial score (nSPS) is 12.4. The number of carbonyl (C=O) groups is 2. The van der Waals surface area contributed by atoms with Crippen molar-refractivity contribution in [2.75, 3.05) is 27.9 Å². The van der Waals surface area contributed by atoms with Crippen LogP contribution in [0.25, 0.3) is 0 Å². The van der Waals surface area contributed by atoms with Gasteiger partial charge in [0.05, 0.1) is 40.5 Å². The first-order chi connectivity index (χ1) is 11.5. The topological polar surface area (TPSA) is 71.1 Å². The van der Waals surface area contributed by atoms with Gasteiger partial charge in [-0.05, 0) is 31.0 Å². The molecule has 0 heterocycles. The van der Waals surface area contributed by atoms with Crippen LogP contribution in [0, 0.1) is 5.92 Å². The highest BCUT2D eigenvalue weighted by molar-refractivity contribution is 5.95. The lowest BCUT2D eigenvalue weighted by Gasteiger charge is -2.12. The van der Waals surface area contributed by atoms with Gasteiger partial charge < -0.3 is 18.9 Å². The molecule has 0 fully saturated rings. The summed E-state index contributed by atoms with van der Waals surface area (Å²) in [6, 6.07) is 7.58. The van der Waals surface area contributed by atoms with Crippen LogP contribution >= 0.6 is 0 Å².